The summed E-state index contributed by atoms with van der Waals surface area (Å²) >= 11 is 0. The maximum Gasteiger partial charge on any atom is 0.256 e. The van der Waals surface area contributed by atoms with E-state index >= 15 is 0 Å². The van der Waals surface area contributed by atoms with Crippen LogP contribution in [0.15, 0.2) is 6.20 Å². The first-order valence-corrected chi connectivity index (χ1v) is 9.66. The van der Waals surface area contributed by atoms with Crippen molar-refractivity contribution in [2.75, 3.05) is 13.1 Å². The Morgan fingerprint density at radius 2 is 2.08 bits per heavy atom. The maximum absolute atomic E-state index is 13.1. The van der Waals surface area contributed by atoms with Crippen LogP contribution in [0.3, 0.4) is 0 Å². The molecule has 1 saturated heterocycles. The van der Waals surface area contributed by atoms with Gasteiger partial charge in [0, 0.05) is 42.5 Å². The lowest BCUT2D eigenvalue weighted by molar-refractivity contribution is 0.0706. The number of fused-ring (bicyclic) bond motifs is 1. The summed E-state index contributed by atoms with van der Waals surface area (Å²) in [6.45, 7) is 5.49. The third-order valence-electron chi connectivity index (χ3n) is 5.91. The monoisotopic (exact) mass is 354 g/mol. The first kappa shape index (κ1) is 17.1. The first-order valence-electron chi connectivity index (χ1n) is 9.66. The van der Waals surface area contributed by atoms with Crippen LogP contribution in [0, 0.1) is 6.92 Å². The lowest BCUT2D eigenvalue weighted by Crippen LogP contribution is -2.39. The van der Waals surface area contributed by atoms with E-state index in [0.29, 0.717) is 23.5 Å². The number of rotatable bonds is 3. The van der Waals surface area contributed by atoms with E-state index in [2.05, 4.69) is 22.1 Å². The van der Waals surface area contributed by atoms with Crippen LogP contribution in [0.5, 0.6) is 0 Å². The summed E-state index contributed by atoms with van der Waals surface area (Å²) < 4.78 is 0. The number of amides is 1. The van der Waals surface area contributed by atoms with Gasteiger partial charge in [-0.05, 0) is 44.6 Å². The summed E-state index contributed by atoms with van der Waals surface area (Å²) in [6.07, 6.45) is 7.02. The van der Waals surface area contributed by atoms with Crippen LogP contribution < -0.4 is 0 Å². The molecule has 0 radical (unpaired) electrons. The number of nitrogens with zero attached hydrogens (tertiary/aromatic N) is 2. The number of hydrogen-bond donors (Lipinski definition) is 2. The Hall–Kier alpha value is -2.37. The van der Waals surface area contributed by atoms with Gasteiger partial charge in [0.15, 0.2) is 5.78 Å². The molecule has 6 heteroatoms. The van der Waals surface area contributed by atoms with Crippen LogP contribution in [0.2, 0.25) is 0 Å². The number of piperidine rings is 1. The number of Topliss-reactive ketones (excluding diaryl/α,β-unsaturated/α-hetero) is 1. The third kappa shape index (κ3) is 2.77. The van der Waals surface area contributed by atoms with E-state index in [1.807, 2.05) is 18.0 Å². The summed E-state index contributed by atoms with van der Waals surface area (Å²) in [5, 5.41) is 7.33. The van der Waals surface area contributed by atoms with Crippen molar-refractivity contribution in [1.29, 1.82) is 0 Å². The summed E-state index contributed by atoms with van der Waals surface area (Å²) in [5.74, 6) is 0.548. The Balaban J connectivity index is 1.51. The fraction of sp³-hybridized carbons (Fsp3) is 0.550. The summed E-state index contributed by atoms with van der Waals surface area (Å²) in [4.78, 5) is 30.7. The second kappa shape index (κ2) is 6.74. The molecule has 2 aromatic rings. The molecule has 1 amide bonds. The van der Waals surface area contributed by atoms with Gasteiger partial charge in [-0.3, -0.25) is 14.7 Å². The molecule has 0 unspecified atom stereocenters. The van der Waals surface area contributed by atoms with Gasteiger partial charge < -0.3 is 9.88 Å². The van der Waals surface area contributed by atoms with Gasteiger partial charge in [0.05, 0.1) is 17.3 Å². The smallest absolute Gasteiger partial charge is 0.256 e. The van der Waals surface area contributed by atoms with Crippen molar-refractivity contribution in [2.45, 2.75) is 58.3 Å². The Bertz CT molecular complexity index is 840. The lowest BCUT2D eigenvalue weighted by atomic mass is 9.89. The zero-order chi connectivity index (χ0) is 18.3. The Morgan fingerprint density at radius 1 is 1.31 bits per heavy atom. The lowest BCUT2D eigenvalue weighted by Gasteiger charge is -2.32. The standard InChI is InChI=1S/C20H26N4O2/c1-3-13-11-21-23-19(13)14-7-9-24(10-8-14)20(26)17-12(2)22-15-5-4-6-16(25)18(15)17/h11,14,22H,3-10H2,1-2H3,(H,21,23). The normalized spacial score (nSPS) is 18.2. The number of aromatic amines is 2. The van der Waals surface area contributed by atoms with E-state index in [1.54, 1.807) is 0 Å². The maximum atomic E-state index is 13.1. The van der Waals surface area contributed by atoms with Gasteiger partial charge >= 0.3 is 0 Å². The van der Waals surface area contributed by atoms with E-state index in [-0.39, 0.29) is 11.7 Å². The van der Waals surface area contributed by atoms with Gasteiger partial charge in [0.2, 0.25) is 0 Å². The number of likely N-dealkylation sites (tertiary alicyclic amines) is 1. The SMILES string of the molecule is CCc1cn[nH]c1C1CCN(C(=O)c2c(C)[nH]c3c2C(=O)CCC3)CC1. The molecule has 6 nitrogen and oxygen atoms in total. The van der Waals surface area contributed by atoms with Gasteiger partial charge in [-0.25, -0.2) is 0 Å². The number of ketones is 1. The topological polar surface area (TPSA) is 81.8 Å². The molecule has 0 spiro atoms. The van der Waals surface area contributed by atoms with Crippen LogP contribution >= 0.6 is 0 Å². The van der Waals surface area contributed by atoms with Gasteiger partial charge in [0.1, 0.15) is 0 Å². The first-order chi connectivity index (χ1) is 12.6. The van der Waals surface area contributed by atoms with Gasteiger partial charge in [-0.15, -0.1) is 0 Å². The molecule has 2 aliphatic rings. The largest absolute Gasteiger partial charge is 0.361 e. The molecule has 1 aliphatic heterocycles. The summed E-state index contributed by atoms with van der Waals surface area (Å²) in [6, 6.07) is 0. The molecule has 2 N–H and O–H groups in total. The number of aromatic nitrogens is 3. The van der Waals surface area contributed by atoms with Crippen molar-refractivity contribution >= 4 is 11.7 Å². The minimum Gasteiger partial charge on any atom is -0.361 e. The zero-order valence-corrected chi connectivity index (χ0v) is 15.5. The van der Waals surface area contributed by atoms with Crippen LogP contribution in [0.4, 0.5) is 0 Å². The van der Waals surface area contributed by atoms with Crippen LogP contribution in [0.25, 0.3) is 0 Å². The predicted octanol–water partition coefficient (Wildman–Crippen LogP) is 3.15. The van der Waals surface area contributed by atoms with E-state index in [4.69, 9.17) is 0 Å². The highest BCUT2D eigenvalue weighted by molar-refractivity contribution is 6.10. The van der Waals surface area contributed by atoms with Crippen molar-refractivity contribution < 1.29 is 9.59 Å². The van der Waals surface area contributed by atoms with E-state index in [9.17, 15) is 9.59 Å². The van der Waals surface area contributed by atoms with Gasteiger partial charge in [-0.1, -0.05) is 6.92 Å². The summed E-state index contributed by atoms with van der Waals surface area (Å²) in [5.41, 5.74) is 5.55. The van der Waals surface area contributed by atoms with E-state index < -0.39 is 0 Å². The number of hydrogen-bond acceptors (Lipinski definition) is 3. The van der Waals surface area contributed by atoms with E-state index in [0.717, 1.165) is 56.6 Å². The van der Waals surface area contributed by atoms with Crippen LogP contribution in [-0.4, -0.2) is 44.9 Å². The van der Waals surface area contributed by atoms with E-state index in [1.165, 1.54) is 11.3 Å². The zero-order valence-electron chi connectivity index (χ0n) is 15.5. The molecule has 0 bridgehead atoms. The highest BCUT2D eigenvalue weighted by atomic mass is 16.2. The predicted molar refractivity (Wildman–Crippen MR) is 98.6 cm³/mol. The molecular weight excluding hydrogens is 328 g/mol. The minimum absolute atomic E-state index is 0.00836. The number of H-pyrrole nitrogens is 2. The molecule has 138 valence electrons. The van der Waals surface area contributed by atoms with Gasteiger partial charge in [0.25, 0.3) is 5.91 Å². The number of aryl methyl sites for hydroxylation is 3. The van der Waals surface area contributed by atoms with Crippen molar-refractivity contribution in [3.05, 3.63) is 40.0 Å². The second-order valence-electron chi connectivity index (χ2n) is 7.48. The molecule has 1 aliphatic carbocycles. The van der Waals surface area contributed by atoms with Crippen molar-refractivity contribution in [2.24, 2.45) is 0 Å². The number of carbonyl (C=O) groups excluding carboxylic acids is 2. The van der Waals surface area contributed by atoms with Crippen molar-refractivity contribution in [1.82, 2.24) is 20.1 Å². The summed E-state index contributed by atoms with van der Waals surface area (Å²) in [7, 11) is 0. The fourth-order valence-electron chi connectivity index (χ4n) is 4.49. The molecule has 4 rings (SSSR count). The minimum atomic E-state index is 0.00836. The average molecular weight is 354 g/mol. The molecule has 3 heterocycles. The van der Waals surface area contributed by atoms with Crippen molar-refractivity contribution in [3.63, 3.8) is 0 Å². The second-order valence-corrected chi connectivity index (χ2v) is 7.48. The molecule has 0 atom stereocenters. The highest BCUT2D eigenvalue weighted by Gasteiger charge is 2.33. The molecule has 1 fully saturated rings. The Kier molecular flexibility index (Phi) is 4.42. The quantitative estimate of drug-likeness (QED) is 0.888. The Labute approximate surface area is 153 Å². The third-order valence-corrected chi connectivity index (χ3v) is 5.91. The fourth-order valence-corrected chi connectivity index (χ4v) is 4.49. The molecule has 26 heavy (non-hydrogen) atoms. The van der Waals surface area contributed by atoms with Crippen LogP contribution in [-0.2, 0) is 12.8 Å². The van der Waals surface area contributed by atoms with Gasteiger partial charge in [-0.2, -0.15) is 5.10 Å². The molecule has 2 aromatic heterocycles. The number of carbonyl (C=O) groups is 2. The number of nitrogens with one attached hydrogen (secondary N) is 2. The molecule has 0 aromatic carbocycles. The average Bonchev–Trinajstić information content (AvgIpc) is 3.25. The molecular formula is C20H26N4O2. The van der Waals surface area contributed by atoms with Crippen LogP contribution in [0.1, 0.15) is 81.9 Å². The Morgan fingerprint density at radius 3 is 2.81 bits per heavy atom. The highest BCUT2D eigenvalue weighted by Crippen LogP contribution is 2.32. The molecule has 0 saturated carbocycles. The van der Waals surface area contributed by atoms with Crippen molar-refractivity contribution in [3.8, 4) is 0 Å².